The maximum atomic E-state index is 11.4. The van der Waals surface area contributed by atoms with E-state index >= 15 is 0 Å². The Morgan fingerprint density at radius 2 is 2.12 bits per heavy atom. The van der Waals surface area contributed by atoms with Gasteiger partial charge in [-0.25, -0.2) is 0 Å². The molecule has 0 unspecified atom stereocenters. The third-order valence-corrected chi connectivity index (χ3v) is 1.80. The van der Waals surface area contributed by atoms with Gasteiger partial charge in [0.1, 0.15) is 0 Å². The highest BCUT2D eigenvalue weighted by atomic mass is 16.2. The number of H-pyrrole nitrogens is 1. The van der Waals surface area contributed by atoms with Crippen LogP contribution in [0, 0.1) is 0 Å². The topological polar surface area (TPSA) is 74.8 Å². The van der Waals surface area contributed by atoms with Crippen molar-refractivity contribution in [2.24, 2.45) is 0 Å². The van der Waals surface area contributed by atoms with Crippen molar-refractivity contribution in [2.45, 2.75) is 33.7 Å². The van der Waals surface area contributed by atoms with Gasteiger partial charge < -0.3 is 5.32 Å². The van der Waals surface area contributed by atoms with E-state index in [4.69, 9.17) is 0 Å². The van der Waals surface area contributed by atoms with Crippen molar-refractivity contribution >= 4 is 17.8 Å². The summed E-state index contributed by atoms with van der Waals surface area (Å²) in [5.74, 6) is -0.370. The van der Waals surface area contributed by atoms with Gasteiger partial charge in [0.2, 0.25) is 5.91 Å². The summed E-state index contributed by atoms with van der Waals surface area (Å²) in [5.41, 5.74) is 0.748. The number of carbonyl (C=O) groups is 2. The van der Waals surface area contributed by atoms with E-state index in [1.165, 1.54) is 13.0 Å². The van der Waals surface area contributed by atoms with E-state index in [2.05, 4.69) is 15.5 Å². The lowest BCUT2D eigenvalue weighted by Gasteiger charge is -2.07. The number of hydrogen-bond donors (Lipinski definition) is 2. The molecule has 1 heterocycles. The van der Waals surface area contributed by atoms with Crippen LogP contribution in [0.25, 0.3) is 6.08 Å². The zero-order chi connectivity index (χ0) is 13.3. The Morgan fingerprint density at radius 3 is 2.59 bits per heavy atom. The molecule has 1 aromatic rings. The fourth-order valence-corrected chi connectivity index (χ4v) is 1.05. The molecule has 0 aliphatic heterocycles. The van der Waals surface area contributed by atoms with Crippen molar-refractivity contribution in [1.29, 1.82) is 0 Å². The van der Waals surface area contributed by atoms with Crippen molar-refractivity contribution in [1.82, 2.24) is 15.5 Å². The molecule has 1 amide bonds. The third kappa shape index (κ3) is 6.29. The summed E-state index contributed by atoms with van der Waals surface area (Å²) in [6.07, 6.45) is 4.63. The SMILES string of the molecule is CC.CC(=O)N[C@@H](C)C(=O)/C=C/c1ccn[nH]1. The fourth-order valence-electron chi connectivity index (χ4n) is 1.05. The fraction of sp³-hybridized carbons (Fsp3) is 0.417. The minimum Gasteiger partial charge on any atom is -0.346 e. The van der Waals surface area contributed by atoms with Gasteiger partial charge in [-0.15, -0.1) is 0 Å². The van der Waals surface area contributed by atoms with Crippen LogP contribution in [0.5, 0.6) is 0 Å². The van der Waals surface area contributed by atoms with Gasteiger partial charge in [0.15, 0.2) is 5.78 Å². The first-order valence-electron chi connectivity index (χ1n) is 5.58. The predicted octanol–water partition coefficient (Wildman–Crippen LogP) is 1.54. The number of carbonyl (C=O) groups excluding carboxylic acids is 2. The van der Waals surface area contributed by atoms with Gasteiger partial charge in [-0.3, -0.25) is 14.7 Å². The van der Waals surface area contributed by atoms with Crippen LogP contribution in [0.4, 0.5) is 0 Å². The zero-order valence-corrected chi connectivity index (χ0v) is 10.7. The molecule has 0 saturated carbocycles. The molecule has 1 aromatic heterocycles. The molecule has 0 aliphatic carbocycles. The predicted molar refractivity (Wildman–Crippen MR) is 67.3 cm³/mol. The number of aromatic amines is 1. The number of amides is 1. The summed E-state index contributed by atoms with van der Waals surface area (Å²) in [5, 5.41) is 8.94. The largest absolute Gasteiger partial charge is 0.346 e. The first kappa shape index (κ1) is 15.1. The van der Waals surface area contributed by atoms with Gasteiger partial charge in [0.05, 0.1) is 11.7 Å². The average molecular weight is 237 g/mol. The Morgan fingerprint density at radius 1 is 1.47 bits per heavy atom. The highest BCUT2D eigenvalue weighted by Crippen LogP contribution is 1.96. The van der Waals surface area contributed by atoms with Crippen molar-refractivity contribution in [2.75, 3.05) is 0 Å². The summed E-state index contributed by atoms with van der Waals surface area (Å²) < 4.78 is 0. The summed E-state index contributed by atoms with van der Waals surface area (Å²) in [6.45, 7) is 7.02. The molecule has 5 nitrogen and oxygen atoms in total. The molecule has 17 heavy (non-hydrogen) atoms. The van der Waals surface area contributed by atoms with Crippen LogP contribution in [0.15, 0.2) is 18.3 Å². The van der Waals surface area contributed by atoms with E-state index in [0.29, 0.717) is 0 Å². The average Bonchev–Trinajstić information content (AvgIpc) is 2.80. The smallest absolute Gasteiger partial charge is 0.217 e. The quantitative estimate of drug-likeness (QED) is 0.780. The molecule has 0 fully saturated rings. The van der Waals surface area contributed by atoms with E-state index in [1.54, 1.807) is 25.3 Å². The maximum Gasteiger partial charge on any atom is 0.217 e. The van der Waals surface area contributed by atoms with E-state index in [1.807, 2.05) is 13.8 Å². The Balaban J connectivity index is 0.00000121. The molecular formula is C12H19N3O2. The van der Waals surface area contributed by atoms with E-state index in [0.717, 1.165) is 5.69 Å². The standard InChI is InChI=1S/C10H13N3O2.C2H6/c1-7(12-8(2)14)10(15)4-3-9-5-6-11-13-9;1-2/h3-7H,1-2H3,(H,11,13)(H,12,14);1-2H3/b4-3+;/t7-;/m0./s1. The minimum atomic E-state index is -0.498. The normalized spacial score (nSPS) is 11.5. The van der Waals surface area contributed by atoms with Gasteiger partial charge in [-0.2, -0.15) is 5.10 Å². The third-order valence-electron chi connectivity index (χ3n) is 1.80. The number of hydrogen-bond acceptors (Lipinski definition) is 3. The molecule has 1 atom stereocenters. The van der Waals surface area contributed by atoms with Crippen LogP contribution in [-0.2, 0) is 9.59 Å². The Kier molecular flexibility index (Phi) is 7.34. The summed E-state index contributed by atoms with van der Waals surface area (Å²) in [4.78, 5) is 22.1. The second-order valence-corrected chi connectivity index (χ2v) is 3.17. The molecule has 94 valence electrons. The number of nitrogens with one attached hydrogen (secondary N) is 2. The molecule has 0 bridgehead atoms. The number of rotatable bonds is 4. The molecular weight excluding hydrogens is 218 g/mol. The van der Waals surface area contributed by atoms with E-state index < -0.39 is 6.04 Å². The van der Waals surface area contributed by atoms with Crippen molar-refractivity contribution < 1.29 is 9.59 Å². The Hall–Kier alpha value is -1.91. The highest BCUT2D eigenvalue weighted by molar-refractivity contribution is 5.98. The molecule has 0 aliphatic rings. The Labute approximate surface area is 101 Å². The lowest BCUT2D eigenvalue weighted by Crippen LogP contribution is -2.36. The highest BCUT2D eigenvalue weighted by Gasteiger charge is 2.09. The minimum absolute atomic E-state index is 0.153. The molecule has 2 N–H and O–H groups in total. The van der Waals surface area contributed by atoms with Gasteiger partial charge >= 0.3 is 0 Å². The van der Waals surface area contributed by atoms with E-state index in [9.17, 15) is 9.59 Å². The maximum absolute atomic E-state index is 11.4. The monoisotopic (exact) mass is 237 g/mol. The first-order valence-corrected chi connectivity index (χ1v) is 5.58. The van der Waals surface area contributed by atoms with Crippen LogP contribution < -0.4 is 5.32 Å². The lowest BCUT2D eigenvalue weighted by molar-refractivity contribution is -0.124. The number of aromatic nitrogens is 2. The summed E-state index contributed by atoms with van der Waals surface area (Å²) in [7, 11) is 0. The van der Waals surface area contributed by atoms with E-state index in [-0.39, 0.29) is 11.7 Å². The van der Waals surface area contributed by atoms with Gasteiger partial charge in [0, 0.05) is 13.1 Å². The van der Waals surface area contributed by atoms with Crippen LogP contribution in [0.3, 0.4) is 0 Å². The zero-order valence-electron chi connectivity index (χ0n) is 10.7. The van der Waals surface area contributed by atoms with Crippen LogP contribution in [-0.4, -0.2) is 27.9 Å². The van der Waals surface area contributed by atoms with Gasteiger partial charge in [-0.1, -0.05) is 13.8 Å². The van der Waals surface area contributed by atoms with Crippen molar-refractivity contribution in [3.8, 4) is 0 Å². The second kappa shape index (κ2) is 8.27. The summed E-state index contributed by atoms with van der Waals surface area (Å²) >= 11 is 0. The van der Waals surface area contributed by atoms with Crippen molar-refractivity contribution in [3.63, 3.8) is 0 Å². The molecule has 0 saturated heterocycles. The molecule has 5 heteroatoms. The molecule has 0 radical (unpaired) electrons. The summed E-state index contributed by atoms with van der Waals surface area (Å²) in [6, 6.07) is 1.24. The van der Waals surface area contributed by atoms with Crippen molar-refractivity contribution in [3.05, 3.63) is 24.0 Å². The molecule has 0 aromatic carbocycles. The number of ketones is 1. The first-order chi connectivity index (χ1) is 8.09. The molecule has 0 spiro atoms. The lowest BCUT2D eigenvalue weighted by atomic mass is 10.2. The second-order valence-electron chi connectivity index (χ2n) is 3.17. The van der Waals surface area contributed by atoms with Crippen LogP contribution in [0.2, 0.25) is 0 Å². The Bertz CT molecular complexity index is 369. The van der Waals surface area contributed by atoms with Gasteiger partial charge in [-0.05, 0) is 25.1 Å². The van der Waals surface area contributed by atoms with Crippen LogP contribution in [0.1, 0.15) is 33.4 Å². The number of nitrogens with zero attached hydrogens (tertiary/aromatic N) is 1. The van der Waals surface area contributed by atoms with Gasteiger partial charge in [0.25, 0.3) is 0 Å². The van der Waals surface area contributed by atoms with Crippen LogP contribution >= 0.6 is 0 Å². The molecule has 1 rings (SSSR count).